The summed E-state index contributed by atoms with van der Waals surface area (Å²) in [5, 5.41) is 0. The first-order chi connectivity index (χ1) is 7.85. The van der Waals surface area contributed by atoms with Crippen molar-refractivity contribution < 1.29 is 4.42 Å². The zero-order valence-corrected chi connectivity index (χ0v) is 9.52. The number of aromatic nitrogens is 2. The molecule has 4 heteroatoms. The topological polar surface area (TPSA) is 57.0 Å². The summed E-state index contributed by atoms with van der Waals surface area (Å²) in [5.74, 6) is 1.97. The number of hydrogen-bond donors (Lipinski definition) is 1. The van der Waals surface area contributed by atoms with Crippen molar-refractivity contribution in [3.05, 3.63) is 41.9 Å². The molecule has 0 saturated heterocycles. The highest BCUT2D eigenvalue weighted by atomic mass is 16.3. The summed E-state index contributed by atoms with van der Waals surface area (Å²) in [7, 11) is 0. The van der Waals surface area contributed by atoms with Crippen LogP contribution in [0.1, 0.15) is 30.5 Å². The predicted molar refractivity (Wildman–Crippen MR) is 61.9 cm³/mol. The van der Waals surface area contributed by atoms with Gasteiger partial charge in [0.15, 0.2) is 0 Å². The summed E-state index contributed by atoms with van der Waals surface area (Å²) in [6.07, 6.45) is 7.63. The zero-order valence-electron chi connectivity index (χ0n) is 9.52. The molecule has 16 heavy (non-hydrogen) atoms. The molecule has 0 saturated carbocycles. The highest BCUT2D eigenvalue weighted by Crippen LogP contribution is 2.13. The molecule has 0 aromatic carbocycles. The molecule has 0 aliphatic rings. The van der Waals surface area contributed by atoms with Gasteiger partial charge in [-0.3, -0.25) is 0 Å². The minimum absolute atomic E-state index is 0.445. The van der Waals surface area contributed by atoms with Crippen molar-refractivity contribution in [2.75, 3.05) is 0 Å². The normalized spacial score (nSPS) is 10.9. The van der Waals surface area contributed by atoms with E-state index < -0.39 is 0 Å². The van der Waals surface area contributed by atoms with Gasteiger partial charge in [0, 0.05) is 24.4 Å². The molecule has 2 aromatic heterocycles. The Bertz CT molecular complexity index is 445. The number of rotatable bonds is 5. The van der Waals surface area contributed by atoms with Crippen molar-refractivity contribution in [3.63, 3.8) is 0 Å². The SMILES string of the molecule is CCCc1nccn1Cc1ccoc1CN. The third-order valence-electron chi connectivity index (χ3n) is 2.64. The molecule has 0 amide bonds. The molecule has 0 aliphatic carbocycles. The van der Waals surface area contributed by atoms with Crippen molar-refractivity contribution in [2.24, 2.45) is 5.73 Å². The molecule has 0 atom stereocenters. The number of hydrogen-bond acceptors (Lipinski definition) is 3. The van der Waals surface area contributed by atoms with Crippen LogP contribution in [0.2, 0.25) is 0 Å². The van der Waals surface area contributed by atoms with E-state index in [4.69, 9.17) is 10.2 Å². The van der Waals surface area contributed by atoms with Gasteiger partial charge in [-0.25, -0.2) is 4.98 Å². The third-order valence-corrected chi connectivity index (χ3v) is 2.64. The van der Waals surface area contributed by atoms with Crippen molar-refractivity contribution in [3.8, 4) is 0 Å². The van der Waals surface area contributed by atoms with Crippen LogP contribution < -0.4 is 5.73 Å². The highest BCUT2D eigenvalue weighted by molar-refractivity contribution is 5.18. The van der Waals surface area contributed by atoms with E-state index in [2.05, 4.69) is 16.5 Å². The van der Waals surface area contributed by atoms with Gasteiger partial charge in [-0.15, -0.1) is 0 Å². The number of nitrogens with two attached hydrogens (primary N) is 1. The molecule has 2 N–H and O–H groups in total. The van der Waals surface area contributed by atoms with Gasteiger partial charge in [0.25, 0.3) is 0 Å². The monoisotopic (exact) mass is 219 g/mol. The molecule has 0 aliphatic heterocycles. The van der Waals surface area contributed by atoms with Crippen LogP contribution in [0.25, 0.3) is 0 Å². The van der Waals surface area contributed by atoms with Gasteiger partial charge >= 0.3 is 0 Å². The quantitative estimate of drug-likeness (QED) is 0.836. The fraction of sp³-hybridized carbons (Fsp3) is 0.417. The Morgan fingerprint density at radius 3 is 3.12 bits per heavy atom. The molecule has 0 fully saturated rings. The van der Waals surface area contributed by atoms with E-state index in [0.29, 0.717) is 6.54 Å². The summed E-state index contributed by atoms with van der Waals surface area (Å²) in [4.78, 5) is 4.34. The van der Waals surface area contributed by atoms with E-state index in [1.807, 2.05) is 18.5 Å². The summed E-state index contributed by atoms with van der Waals surface area (Å²) in [6, 6.07) is 1.97. The first kappa shape index (κ1) is 11.0. The van der Waals surface area contributed by atoms with Crippen LogP contribution >= 0.6 is 0 Å². The Hall–Kier alpha value is -1.55. The van der Waals surface area contributed by atoms with Crippen LogP contribution in [0, 0.1) is 0 Å². The van der Waals surface area contributed by atoms with Gasteiger partial charge in [-0.2, -0.15) is 0 Å². The van der Waals surface area contributed by atoms with Crippen LogP contribution in [0.5, 0.6) is 0 Å². The maximum absolute atomic E-state index is 5.60. The lowest BCUT2D eigenvalue weighted by atomic mass is 10.2. The van der Waals surface area contributed by atoms with E-state index >= 15 is 0 Å². The summed E-state index contributed by atoms with van der Waals surface area (Å²) in [5.41, 5.74) is 6.74. The van der Waals surface area contributed by atoms with Gasteiger partial charge in [0.05, 0.1) is 19.4 Å². The molecule has 0 spiro atoms. The van der Waals surface area contributed by atoms with Gasteiger partial charge in [-0.1, -0.05) is 6.92 Å². The number of imidazole rings is 1. The first-order valence-corrected chi connectivity index (χ1v) is 5.60. The lowest BCUT2D eigenvalue weighted by molar-refractivity contribution is 0.505. The number of nitrogens with zero attached hydrogens (tertiary/aromatic N) is 2. The molecule has 86 valence electrons. The lowest BCUT2D eigenvalue weighted by Crippen LogP contribution is -2.06. The number of furan rings is 1. The van der Waals surface area contributed by atoms with Gasteiger partial charge in [-0.05, 0) is 12.5 Å². The second-order valence-electron chi connectivity index (χ2n) is 3.79. The molecule has 4 nitrogen and oxygen atoms in total. The average molecular weight is 219 g/mol. The molecule has 0 radical (unpaired) electrons. The highest BCUT2D eigenvalue weighted by Gasteiger charge is 2.07. The van der Waals surface area contributed by atoms with E-state index in [0.717, 1.165) is 36.5 Å². The number of aryl methyl sites for hydroxylation is 1. The molecular formula is C12H17N3O. The van der Waals surface area contributed by atoms with Crippen LogP contribution in [-0.4, -0.2) is 9.55 Å². The largest absolute Gasteiger partial charge is 0.468 e. The van der Waals surface area contributed by atoms with Crippen LogP contribution in [-0.2, 0) is 19.5 Å². The van der Waals surface area contributed by atoms with Crippen LogP contribution in [0.3, 0.4) is 0 Å². The second-order valence-corrected chi connectivity index (χ2v) is 3.79. The maximum Gasteiger partial charge on any atom is 0.122 e. The van der Waals surface area contributed by atoms with E-state index in [1.165, 1.54) is 0 Å². The van der Waals surface area contributed by atoms with Crippen molar-refractivity contribution in [1.82, 2.24) is 9.55 Å². The van der Waals surface area contributed by atoms with Gasteiger partial charge in [0.1, 0.15) is 11.6 Å². The predicted octanol–water partition coefficient (Wildman–Crippen LogP) is 1.94. The van der Waals surface area contributed by atoms with Crippen molar-refractivity contribution >= 4 is 0 Å². The molecule has 2 rings (SSSR count). The Morgan fingerprint density at radius 1 is 1.50 bits per heavy atom. The lowest BCUT2D eigenvalue weighted by Gasteiger charge is -2.06. The maximum atomic E-state index is 5.60. The first-order valence-electron chi connectivity index (χ1n) is 5.60. The van der Waals surface area contributed by atoms with Gasteiger partial charge < -0.3 is 14.7 Å². The fourth-order valence-corrected chi connectivity index (χ4v) is 1.81. The standard InChI is InChI=1S/C12H17N3O/c1-2-3-12-14-5-6-15(12)9-10-4-7-16-11(10)8-13/h4-7H,2-3,8-9,13H2,1H3. The summed E-state index contributed by atoms with van der Waals surface area (Å²) < 4.78 is 7.45. The second kappa shape index (κ2) is 4.99. The fourth-order valence-electron chi connectivity index (χ4n) is 1.81. The molecule has 0 bridgehead atoms. The average Bonchev–Trinajstić information content (AvgIpc) is 2.89. The van der Waals surface area contributed by atoms with E-state index in [-0.39, 0.29) is 0 Å². The third kappa shape index (κ3) is 2.17. The Morgan fingerprint density at radius 2 is 2.38 bits per heavy atom. The molecule has 2 aromatic rings. The summed E-state index contributed by atoms with van der Waals surface area (Å²) in [6.45, 7) is 3.39. The van der Waals surface area contributed by atoms with E-state index in [9.17, 15) is 0 Å². The smallest absolute Gasteiger partial charge is 0.122 e. The Kier molecular flexibility index (Phi) is 3.41. The Balaban J connectivity index is 2.17. The molecule has 0 unspecified atom stereocenters. The van der Waals surface area contributed by atoms with E-state index in [1.54, 1.807) is 6.26 Å². The van der Waals surface area contributed by atoms with Gasteiger partial charge in [0.2, 0.25) is 0 Å². The van der Waals surface area contributed by atoms with Crippen molar-refractivity contribution in [2.45, 2.75) is 32.9 Å². The molecule has 2 heterocycles. The minimum atomic E-state index is 0.445. The minimum Gasteiger partial charge on any atom is -0.468 e. The molecular weight excluding hydrogens is 202 g/mol. The zero-order chi connectivity index (χ0) is 11.4. The summed E-state index contributed by atoms with van der Waals surface area (Å²) >= 11 is 0. The van der Waals surface area contributed by atoms with Crippen LogP contribution in [0.15, 0.2) is 29.1 Å². The van der Waals surface area contributed by atoms with Crippen molar-refractivity contribution in [1.29, 1.82) is 0 Å². The van der Waals surface area contributed by atoms with Crippen LogP contribution in [0.4, 0.5) is 0 Å². The Labute approximate surface area is 95.1 Å².